The van der Waals surface area contributed by atoms with Crippen molar-refractivity contribution in [2.75, 3.05) is 13.2 Å². The molecule has 0 aliphatic rings. The van der Waals surface area contributed by atoms with E-state index in [1.165, 1.54) is 0 Å². The van der Waals surface area contributed by atoms with Gasteiger partial charge in [-0.1, -0.05) is 0 Å². The molecule has 0 fully saturated rings. The van der Waals surface area contributed by atoms with Gasteiger partial charge in [-0.05, 0) is 0 Å². The van der Waals surface area contributed by atoms with E-state index in [1.807, 2.05) is 0 Å². The molecule has 0 aliphatic heterocycles. The molecule has 0 amide bonds. The maximum Gasteiger partial charge on any atom is 0.0872 e. The van der Waals surface area contributed by atoms with Gasteiger partial charge in [0.25, 0.3) is 0 Å². The predicted molar refractivity (Wildman–Crippen MR) is 29.4 cm³/mol. The SMILES string of the molecule is C=NNCCOCl. The van der Waals surface area contributed by atoms with Crippen molar-refractivity contribution in [3.05, 3.63) is 0 Å². The molecule has 0 unspecified atom stereocenters. The van der Waals surface area contributed by atoms with Crippen molar-refractivity contribution < 1.29 is 4.29 Å². The molecule has 0 aliphatic carbocycles. The third kappa shape index (κ3) is 5.72. The Morgan fingerprint density at radius 3 is 3.00 bits per heavy atom. The highest BCUT2D eigenvalue weighted by Crippen LogP contribution is 1.73. The minimum absolute atomic E-state index is 0.445. The van der Waals surface area contributed by atoms with E-state index in [-0.39, 0.29) is 0 Å². The van der Waals surface area contributed by atoms with Gasteiger partial charge in [0.2, 0.25) is 0 Å². The van der Waals surface area contributed by atoms with Gasteiger partial charge in [0.15, 0.2) is 0 Å². The zero-order chi connectivity index (χ0) is 5.54. The number of hydrogen-bond donors (Lipinski definition) is 1. The highest BCUT2D eigenvalue weighted by atomic mass is 35.5. The molecule has 0 heterocycles. The summed E-state index contributed by atoms with van der Waals surface area (Å²) in [5.74, 6) is 0. The summed E-state index contributed by atoms with van der Waals surface area (Å²) in [4.78, 5) is 0. The molecule has 0 aromatic rings. The Hall–Kier alpha value is -0.280. The molecule has 42 valence electrons. The smallest absolute Gasteiger partial charge is 0.0872 e. The van der Waals surface area contributed by atoms with Crippen LogP contribution in [0, 0.1) is 0 Å². The number of nitrogens with zero attached hydrogens (tertiary/aromatic N) is 1. The molecular formula is C3H7ClN2O. The molecule has 0 spiro atoms. The van der Waals surface area contributed by atoms with Crippen molar-refractivity contribution in [2.45, 2.75) is 0 Å². The van der Waals surface area contributed by atoms with Crippen LogP contribution in [0.3, 0.4) is 0 Å². The van der Waals surface area contributed by atoms with Crippen LogP contribution in [0.25, 0.3) is 0 Å². The first kappa shape index (κ1) is 6.72. The van der Waals surface area contributed by atoms with Crippen LogP contribution in [0.4, 0.5) is 0 Å². The van der Waals surface area contributed by atoms with Gasteiger partial charge in [-0.25, -0.2) is 0 Å². The van der Waals surface area contributed by atoms with Gasteiger partial charge >= 0.3 is 0 Å². The third-order valence-electron chi connectivity index (χ3n) is 0.403. The summed E-state index contributed by atoms with van der Waals surface area (Å²) in [5, 5.41) is 3.33. The van der Waals surface area contributed by atoms with Crippen molar-refractivity contribution in [2.24, 2.45) is 5.10 Å². The molecule has 0 bridgehead atoms. The molecule has 7 heavy (non-hydrogen) atoms. The zero-order valence-corrected chi connectivity index (χ0v) is 4.61. The van der Waals surface area contributed by atoms with Crippen molar-refractivity contribution in [3.8, 4) is 0 Å². The summed E-state index contributed by atoms with van der Waals surface area (Å²) in [6, 6.07) is 0. The summed E-state index contributed by atoms with van der Waals surface area (Å²) >= 11 is 4.84. The van der Waals surface area contributed by atoms with E-state index in [4.69, 9.17) is 11.9 Å². The fourth-order valence-electron chi connectivity index (χ4n) is 0.163. The van der Waals surface area contributed by atoms with Crippen LogP contribution in [0.5, 0.6) is 0 Å². The highest BCUT2D eigenvalue weighted by Gasteiger charge is 1.76. The van der Waals surface area contributed by atoms with Gasteiger partial charge < -0.3 is 5.43 Å². The minimum Gasteiger partial charge on any atom is -0.308 e. The average molecular weight is 123 g/mol. The van der Waals surface area contributed by atoms with Crippen LogP contribution < -0.4 is 5.43 Å². The van der Waals surface area contributed by atoms with Gasteiger partial charge in [0, 0.05) is 6.72 Å². The molecule has 0 atom stereocenters. The standard InChI is InChI=1S/C3H7ClN2O/c1-5-6-2-3-7-4/h6H,1-3H2. The van der Waals surface area contributed by atoms with E-state index < -0.39 is 0 Å². The topological polar surface area (TPSA) is 33.6 Å². The van der Waals surface area contributed by atoms with Gasteiger partial charge in [-0.3, -0.25) is 4.29 Å². The predicted octanol–water partition coefficient (Wildman–Crippen LogP) is 0.362. The molecule has 0 aromatic carbocycles. The van der Waals surface area contributed by atoms with Crippen LogP contribution >= 0.6 is 11.9 Å². The highest BCUT2D eigenvalue weighted by molar-refractivity contribution is 6.07. The maximum absolute atomic E-state index is 4.84. The van der Waals surface area contributed by atoms with Crippen molar-refractivity contribution in [1.29, 1.82) is 0 Å². The molecule has 0 rings (SSSR count). The van der Waals surface area contributed by atoms with E-state index >= 15 is 0 Å². The minimum atomic E-state index is 0.445. The zero-order valence-electron chi connectivity index (χ0n) is 3.85. The Labute approximate surface area is 47.5 Å². The van der Waals surface area contributed by atoms with Gasteiger partial charge in [0.05, 0.1) is 25.0 Å². The third-order valence-corrected chi connectivity index (χ3v) is 0.557. The van der Waals surface area contributed by atoms with E-state index in [1.54, 1.807) is 0 Å². The Morgan fingerprint density at radius 2 is 2.57 bits per heavy atom. The van der Waals surface area contributed by atoms with E-state index in [2.05, 4.69) is 21.5 Å². The van der Waals surface area contributed by atoms with Crippen LogP contribution in [0.1, 0.15) is 0 Å². The van der Waals surface area contributed by atoms with E-state index in [9.17, 15) is 0 Å². The lowest BCUT2D eigenvalue weighted by Gasteiger charge is -1.92. The molecule has 1 N–H and O–H groups in total. The van der Waals surface area contributed by atoms with E-state index in [0.29, 0.717) is 13.2 Å². The molecule has 3 nitrogen and oxygen atoms in total. The monoisotopic (exact) mass is 122 g/mol. The summed E-state index contributed by atoms with van der Waals surface area (Å²) in [5.41, 5.74) is 2.55. The molecular weight excluding hydrogens is 115 g/mol. The molecule has 4 heteroatoms. The molecule has 0 aromatic heterocycles. The summed E-state index contributed by atoms with van der Waals surface area (Å²) in [6.45, 7) is 4.22. The van der Waals surface area contributed by atoms with Gasteiger partial charge in [-0.15, -0.1) is 0 Å². The first-order chi connectivity index (χ1) is 3.41. The van der Waals surface area contributed by atoms with Gasteiger partial charge in [0.1, 0.15) is 0 Å². The Bertz CT molecular complexity index is 50.2. The number of rotatable bonds is 4. The second-order valence-electron chi connectivity index (χ2n) is 0.879. The first-order valence-electron chi connectivity index (χ1n) is 1.84. The largest absolute Gasteiger partial charge is 0.308 e. The lowest BCUT2D eigenvalue weighted by atomic mass is 10.7. The lowest BCUT2D eigenvalue weighted by molar-refractivity contribution is 0.348. The normalized spacial score (nSPS) is 8.14. The van der Waals surface area contributed by atoms with Crippen LogP contribution in [0.2, 0.25) is 0 Å². The van der Waals surface area contributed by atoms with Crippen molar-refractivity contribution >= 4 is 18.6 Å². The van der Waals surface area contributed by atoms with Crippen molar-refractivity contribution in [3.63, 3.8) is 0 Å². The fourth-order valence-corrected chi connectivity index (χ4v) is 0.240. The van der Waals surface area contributed by atoms with Crippen LogP contribution in [-0.4, -0.2) is 19.9 Å². The number of halogens is 1. The maximum atomic E-state index is 4.84. The van der Waals surface area contributed by atoms with Crippen molar-refractivity contribution in [1.82, 2.24) is 5.43 Å². The fraction of sp³-hybridized carbons (Fsp3) is 0.667. The Kier molecular flexibility index (Phi) is 5.49. The molecule has 0 saturated heterocycles. The molecule has 0 radical (unpaired) electrons. The quantitative estimate of drug-likeness (QED) is 0.332. The average Bonchev–Trinajstić information content (AvgIpc) is 1.69. The first-order valence-corrected chi connectivity index (χ1v) is 2.14. The number of hydrogen-bond acceptors (Lipinski definition) is 3. The van der Waals surface area contributed by atoms with Gasteiger partial charge in [-0.2, -0.15) is 5.10 Å². The summed E-state index contributed by atoms with van der Waals surface area (Å²) in [6.07, 6.45) is 0. The van der Waals surface area contributed by atoms with Crippen LogP contribution in [0.15, 0.2) is 5.10 Å². The number of hydrazone groups is 1. The summed E-state index contributed by atoms with van der Waals surface area (Å²) in [7, 11) is 0. The second-order valence-corrected chi connectivity index (χ2v) is 1.10. The lowest BCUT2D eigenvalue weighted by Crippen LogP contribution is -2.10. The van der Waals surface area contributed by atoms with E-state index in [0.717, 1.165) is 0 Å². The number of nitrogens with one attached hydrogen (secondary N) is 1. The Balaban J connectivity index is 2.56. The van der Waals surface area contributed by atoms with Crippen LogP contribution in [-0.2, 0) is 4.29 Å². The summed E-state index contributed by atoms with van der Waals surface area (Å²) < 4.78 is 4.17. The Morgan fingerprint density at radius 1 is 1.86 bits per heavy atom. The second kappa shape index (κ2) is 5.72. The molecule has 0 saturated carbocycles.